The number of imidazole rings is 1. The van der Waals surface area contributed by atoms with Crippen LogP contribution >= 0.6 is 0 Å². The van der Waals surface area contributed by atoms with E-state index in [1.807, 2.05) is 20.0 Å². The van der Waals surface area contributed by atoms with Crippen molar-refractivity contribution in [1.82, 2.24) is 14.5 Å². The highest BCUT2D eigenvalue weighted by Crippen LogP contribution is 2.15. The molecule has 0 spiro atoms. The molecule has 0 saturated carbocycles. The fraction of sp³-hybridized carbons (Fsp3) is 0.692. The maximum absolute atomic E-state index is 11.1. The lowest BCUT2D eigenvalue weighted by Crippen LogP contribution is -2.29. The highest BCUT2D eigenvalue weighted by atomic mass is 16.4. The smallest absolute Gasteiger partial charge is 0.372 e. The number of hydrogen-bond acceptors (Lipinski definition) is 3. The second-order valence-electron chi connectivity index (χ2n) is 5.20. The Morgan fingerprint density at radius 1 is 1.39 bits per heavy atom. The molecule has 0 aliphatic carbocycles. The third-order valence-electron chi connectivity index (χ3n) is 3.36. The van der Waals surface area contributed by atoms with Crippen LogP contribution in [0.25, 0.3) is 0 Å². The predicted molar refractivity (Wildman–Crippen MR) is 68.7 cm³/mol. The van der Waals surface area contributed by atoms with Crippen molar-refractivity contribution in [1.29, 1.82) is 0 Å². The van der Waals surface area contributed by atoms with Crippen LogP contribution in [0.4, 0.5) is 0 Å². The summed E-state index contributed by atoms with van der Waals surface area (Å²) in [7, 11) is 0. The van der Waals surface area contributed by atoms with E-state index in [1.54, 1.807) is 4.57 Å². The zero-order valence-electron chi connectivity index (χ0n) is 11.1. The van der Waals surface area contributed by atoms with Crippen molar-refractivity contribution in [3.8, 4) is 0 Å². The number of carboxylic acids is 1. The van der Waals surface area contributed by atoms with Crippen molar-refractivity contribution in [3.05, 3.63) is 17.7 Å². The largest absolute Gasteiger partial charge is 0.475 e. The van der Waals surface area contributed by atoms with E-state index in [0.29, 0.717) is 0 Å². The Kier molecular flexibility index (Phi) is 4.01. The summed E-state index contributed by atoms with van der Waals surface area (Å²) >= 11 is 0. The molecule has 5 heteroatoms. The van der Waals surface area contributed by atoms with Gasteiger partial charge in [0.15, 0.2) is 0 Å². The molecule has 1 aromatic rings. The fourth-order valence-corrected chi connectivity index (χ4v) is 2.42. The van der Waals surface area contributed by atoms with E-state index in [4.69, 9.17) is 5.11 Å². The van der Waals surface area contributed by atoms with E-state index < -0.39 is 5.97 Å². The second-order valence-corrected chi connectivity index (χ2v) is 5.20. The number of likely N-dealkylation sites (tertiary alicyclic amines) is 1. The SMILES string of the molecule is CC(C)n1cc(CN2CCCCC2)nc1C(=O)O. The molecule has 1 aliphatic rings. The molecular weight excluding hydrogens is 230 g/mol. The zero-order chi connectivity index (χ0) is 13.1. The standard InChI is InChI=1S/C13H21N3O2/c1-10(2)16-9-11(14-12(16)13(17)18)8-15-6-4-3-5-7-15/h9-10H,3-8H2,1-2H3,(H,17,18). The molecule has 0 amide bonds. The van der Waals surface area contributed by atoms with Crippen LogP contribution in [0.2, 0.25) is 0 Å². The lowest BCUT2D eigenvalue weighted by atomic mass is 10.1. The average molecular weight is 251 g/mol. The van der Waals surface area contributed by atoms with E-state index in [0.717, 1.165) is 25.3 Å². The first-order valence-corrected chi connectivity index (χ1v) is 6.61. The van der Waals surface area contributed by atoms with Gasteiger partial charge in [0.1, 0.15) is 0 Å². The molecule has 0 aromatic carbocycles. The van der Waals surface area contributed by atoms with Gasteiger partial charge in [0.25, 0.3) is 0 Å². The van der Waals surface area contributed by atoms with Crippen LogP contribution < -0.4 is 0 Å². The zero-order valence-corrected chi connectivity index (χ0v) is 11.1. The summed E-state index contributed by atoms with van der Waals surface area (Å²) in [5, 5.41) is 9.14. The molecule has 18 heavy (non-hydrogen) atoms. The molecule has 0 unspecified atom stereocenters. The van der Waals surface area contributed by atoms with Crippen LogP contribution in [0.15, 0.2) is 6.20 Å². The van der Waals surface area contributed by atoms with Crippen LogP contribution in [0.5, 0.6) is 0 Å². The fourth-order valence-electron chi connectivity index (χ4n) is 2.42. The number of carboxylic acid groups (broad SMARTS) is 1. The van der Waals surface area contributed by atoms with Gasteiger partial charge >= 0.3 is 5.97 Å². The Morgan fingerprint density at radius 3 is 2.56 bits per heavy atom. The van der Waals surface area contributed by atoms with Crippen LogP contribution in [0.3, 0.4) is 0 Å². The van der Waals surface area contributed by atoms with Crippen molar-refractivity contribution in [2.45, 2.75) is 45.7 Å². The van der Waals surface area contributed by atoms with Gasteiger partial charge in [0.2, 0.25) is 5.82 Å². The van der Waals surface area contributed by atoms with Gasteiger partial charge in [0.05, 0.1) is 5.69 Å². The lowest BCUT2D eigenvalue weighted by Gasteiger charge is -2.25. The molecule has 1 aromatic heterocycles. The molecule has 1 saturated heterocycles. The van der Waals surface area contributed by atoms with E-state index in [9.17, 15) is 4.79 Å². The Hall–Kier alpha value is -1.36. The van der Waals surface area contributed by atoms with E-state index >= 15 is 0 Å². The number of aromatic nitrogens is 2. The maximum atomic E-state index is 11.1. The van der Waals surface area contributed by atoms with Crippen molar-refractivity contribution in [3.63, 3.8) is 0 Å². The predicted octanol–water partition coefficient (Wildman–Crippen LogP) is 2.15. The minimum absolute atomic E-state index is 0.124. The average Bonchev–Trinajstić information content (AvgIpc) is 2.74. The van der Waals surface area contributed by atoms with Gasteiger partial charge in [-0.3, -0.25) is 4.90 Å². The van der Waals surface area contributed by atoms with Gasteiger partial charge in [-0.1, -0.05) is 6.42 Å². The summed E-state index contributed by atoms with van der Waals surface area (Å²) in [5.41, 5.74) is 0.864. The quantitative estimate of drug-likeness (QED) is 0.890. The Balaban J connectivity index is 2.13. The number of hydrogen-bond donors (Lipinski definition) is 1. The number of piperidine rings is 1. The first-order chi connectivity index (χ1) is 8.58. The van der Waals surface area contributed by atoms with Gasteiger partial charge < -0.3 is 9.67 Å². The van der Waals surface area contributed by atoms with Gasteiger partial charge in [-0.25, -0.2) is 9.78 Å². The van der Waals surface area contributed by atoms with Crippen molar-refractivity contribution in [2.75, 3.05) is 13.1 Å². The molecule has 0 radical (unpaired) electrons. The van der Waals surface area contributed by atoms with Crippen molar-refractivity contribution >= 4 is 5.97 Å². The lowest BCUT2D eigenvalue weighted by molar-refractivity contribution is 0.0676. The van der Waals surface area contributed by atoms with Crippen LogP contribution in [-0.4, -0.2) is 38.6 Å². The molecule has 0 bridgehead atoms. The number of rotatable bonds is 4. The summed E-state index contributed by atoms with van der Waals surface area (Å²) in [6, 6.07) is 0.124. The normalized spacial score (nSPS) is 17.3. The third-order valence-corrected chi connectivity index (χ3v) is 3.36. The monoisotopic (exact) mass is 251 g/mol. The van der Waals surface area contributed by atoms with Crippen LogP contribution in [0.1, 0.15) is 55.5 Å². The number of carbonyl (C=O) groups is 1. The Labute approximate surface area is 107 Å². The molecule has 0 atom stereocenters. The molecular formula is C13H21N3O2. The Morgan fingerprint density at radius 2 is 2.06 bits per heavy atom. The van der Waals surface area contributed by atoms with Crippen LogP contribution in [0, 0.1) is 0 Å². The summed E-state index contributed by atoms with van der Waals surface area (Å²) in [5.74, 6) is -0.800. The molecule has 1 N–H and O–H groups in total. The summed E-state index contributed by atoms with van der Waals surface area (Å²) in [4.78, 5) is 17.7. The van der Waals surface area contributed by atoms with Gasteiger partial charge in [-0.2, -0.15) is 0 Å². The summed E-state index contributed by atoms with van der Waals surface area (Å²) in [6.45, 7) is 6.89. The molecule has 2 heterocycles. The Bertz CT molecular complexity index is 420. The highest BCUT2D eigenvalue weighted by molar-refractivity contribution is 5.83. The summed E-state index contributed by atoms with van der Waals surface area (Å²) < 4.78 is 1.74. The van der Waals surface area contributed by atoms with Gasteiger partial charge in [0, 0.05) is 18.8 Å². The first kappa shape index (κ1) is 13.1. The molecule has 2 rings (SSSR count). The molecule has 100 valence electrons. The first-order valence-electron chi connectivity index (χ1n) is 6.61. The highest BCUT2D eigenvalue weighted by Gasteiger charge is 2.18. The molecule has 1 aliphatic heterocycles. The van der Waals surface area contributed by atoms with Crippen LogP contribution in [-0.2, 0) is 6.54 Å². The van der Waals surface area contributed by atoms with E-state index in [-0.39, 0.29) is 11.9 Å². The molecule has 5 nitrogen and oxygen atoms in total. The van der Waals surface area contributed by atoms with E-state index in [1.165, 1.54) is 19.3 Å². The number of aromatic carboxylic acids is 1. The topological polar surface area (TPSA) is 58.4 Å². The minimum Gasteiger partial charge on any atom is -0.475 e. The van der Waals surface area contributed by atoms with Gasteiger partial charge in [-0.05, 0) is 39.8 Å². The summed E-state index contributed by atoms with van der Waals surface area (Å²) in [6.07, 6.45) is 5.65. The second kappa shape index (κ2) is 5.52. The van der Waals surface area contributed by atoms with Gasteiger partial charge in [-0.15, -0.1) is 0 Å². The van der Waals surface area contributed by atoms with Crippen molar-refractivity contribution in [2.24, 2.45) is 0 Å². The third kappa shape index (κ3) is 2.90. The molecule has 1 fully saturated rings. The minimum atomic E-state index is -0.950. The number of nitrogens with zero attached hydrogens (tertiary/aromatic N) is 3. The van der Waals surface area contributed by atoms with E-state index in [2.05, 4.69) is 9.88 Å². The van der Waals surface area contributed by atoms with Crippen molar-refractivity contribution < 1.29 is 9.90 Å². The maximum Gasteiger partial charge on any atom is 0.372 e.